The largest absolute Gasteiger partial charge is 0.379 e. The lowest BCUT2D eigenvalue weighted by Crippen LogP contribution is -2.51. The second-order valence-electron chi connectivity index (χ2n) is 14.2. The number of nitrogens with one attached hydrogen (secondary N) is 2. The van der Waals surface area contributed by atoms with Crippen LogP contribution < -0.4 is 16.4 Å². The molecule has 316 valence electrons. The van der Waals surface area contributed by atoms with E-state index in [2.05, 4.69) is 24.5 Å². The molecule has 0 aromatic rings. The summed E-state index contributed by atoms with van der Waals surface area (Å²) in [5.74, 6) is 0.353. The third kappa shape index (κ3) is 37.9. The molecular weight excluding hydrogens is 717 g/mol. The molecule has 12 nitrogen and oxygen atoms in total. The smallest absolute Gasteiger partial charge is 0.327 e. The molecule has 0 spiro atoms. The van der Waals surface area contributed by atoms with Gasteiger partial charge in [0.2, 0.25) is 11.8 Å². The first-order chi connectivity index (χ1) is 25.6. The molecule has 0 aliphatic rings. The zero-order chi connectivity index (χ0) is 39.3. The van der Waals surface area contributed by atoms with Crippen molar-refractivity contribution in [2.75, 3.05) is 70.5 Å². The quantitative estimate of drug-likeness (QED) is 0.0314. The van der Waals surface area contributed by atoms with Crippen LogP contribution in [0.2, 0.25) is 0 Å². The lowest BCUT2D eigenvalue weighted by atomic mass is 10.1. The van der Waals surface area contributed by atoms with Crippen molar-refractivity contribution in [1.82, 2.24) is 10.6 Å². The van der Waals surface area contributed by atoms with Gasteiger partial charge in [0.05, 0.1) is 51.3 Å². The molecule has 53 heavy (non-hydrogen) atoms. The van der Waals surface area contributed by atoms with Gasteiger partial charge in [0.15, 0.2) is 0 Å². The van der Waals surface area contributed by atoms with Crippen molar-refractivity contribution in [3.8, 4) is 0 Å². The van der Waals surface area contributed by atoms with Crippen molar-refractivity contribution >= 4 is 31.2 Å². The second-order valence-corrected chi connectivity index (χ2v) is 17.1. The normalized spacial score (nSPS) is 13.5. The number of thioether (sulfide) groups is 1. The Labute approximate surface area is 327 Å². The van der Waals surface area contributed by atoms with Crippen LogP contribution in [0.4, 0.5) is 0 Å². The molecule has 14 heteroatoms. The summed E-state index contributed by atoms with van der Waals surface area (Å²) >= 11 is 1.57. The Morgan fingerprint density at radius 1 is 0.642 bits per heavy atom. The molecule has 3 atom stereocenters. The molecule has 1 unspecified atom stereocenters. The Morgan fingerprint density at radius 3 is 1.66 bits per heavy atom. The number of amides is 2. The Bertz CT molecular complexity index is 887. The molecule has 6 N–H and O–H groups in total. The van der Waals surface area contributed by atoms with Crippen LogP contribution in [0.15, 0.2) is 0 Å². The molecule has 0 aliphatic heterocycles. The highest BCUT2D eigenvalue weighted by atomic mass is 32.2. The molecule has 0 rings (SSSR count). The summed E-state index contributed by atoms with van der Waals surface area (Å²) < 4.78 is 33.5. The Morgan fingerprint density at radius 2 is 1.13 bits per heavy atom. The Kier molecular flexibility index (Phi) is 37.6. The maximum absolute atomic E-state index is 12.7. The average molecular weight is 798 g/mol. The fourth-order valence-electron chi connectivity index (χ4n) is 5.58. The minimum atomic E-state index is -4.06. The lowest BCUT2D eigenvalue weighted by molar-refractivity contribution is -0.129. The molecule has 0 aromatic carbocycles. The summed E-state index contributed by atoms with van der Waals surface area (Å²) in [4.78, 5) is 42.7. The van der Waals surface area contributed by atoms with E-state index in [1.807, 2.05) is 0 Å². The number of carbonyl (C=O) groups excluding carboxylic acids is 2. The highest BCUT2D eigenvalue weighted by Gasteiger charge is 2.21. The molecule has 0 saturated carbocycles. The molecule has 0 bridgehead atoms. The van der Waals surface area contributed by atoms with Crippen LogP contribution in [0.3, 0.4) is 0 Å². The van der Waals surface area contributed by atoms with Gasteiger partial charge in [0.25, 0.3) is 0 Å². The van der Waals surface area contributed by atoms with Crippen LogP contribution in [0.25, 0.3) is 0 Å². The summed E-state index contributed by atoms with van der Waals surface area (Å²) in [7, 11) is -4.06. The van der Waals surface area contributed by atoms with Crippen molar-refractivity contribution in [1.29, 1.82) is 0 Å². The van der Waals surface area contributed by atoms with Gasteiger partial charge in [0.1, 0.15) is 6.04 Å². The van der Waals surface area contributed by atoms with E-state index in [-0.39, 0.29) is 57.1 Å². The summed E-state index contributed by atoms with van der Waals surface area (Å²) in [5.41, 5.74) is 6.19. The van der Waals surface area contributed by atoms with Gasteiger partial charge < -0.3 is 45.1 Å². The van der Waals surface area contributed by atoms with E-state index in [1.54, 1.807) is 18.7 Å². The fraction of sp³-hybridized carbons (Fsp3) is 0.949. The first kappa shape index (κ1) is 52.2. The minimum absolute atomic E-state index is 0.0517. The van der Waals surface area contributed by atoms with E-state index in [4.69, 9.17) is 34.5 Å². The third-order valence-corrected chi connectivity index (χ3v) is 10.9. The minimum Gasteiger partial charge on any atom is -0.379 e. The number of rotatable bonds is 41. The summed E-state index contributed by atoms with van der Waals surface area (Å²) in [6.07, 6.45) is 25.3. The highest BCUT2D eigenvalue weighted by molar-refractivity contribution is 7.99. The van der Waals surface area contributed by atoms with Crippen LogP contribution in [0.5, 0.6) is 0 Å². The molecule has 0 saturated heterocycles. The van der Waals surface area contributed by atoms with E-state index in [9.17, 15) is 14.2 Å². The Hall–Kier alpha value is -0.760. The second kappa shape index (κ2) is 38.1. The van der Waals surface area contributed by atoms with Crippen molar-refractivity contribution in [2.45, 2.75) is 167 Å². The average Bonchev–Trinajstić information content (AvgIpc) is 3.12. The van der Waals surface area contributed by atoms with Gasteiger partial charge >= 0.3 is 7.60 Å². The monoisotopic (exact) mass is 798 g/mol. The maximum atomic E-state index is 12.7. The highest BCUT2D eigenvalue weighted by Crippen LogP contribution is 2.33. The number of ether oxygens (including phenoxy) is 4. The standard InChI is InChI=1S/C39H80N3O9PS/c1-4-6-8-10-12-14-16-18-20-22-25-50-32-36(51-26-23-21-19-17-15-13-11-9-7-5-2)33-53-34-37(40)39(44)42-35(3)38(43)41-24-27-48-28-29-49-30-31-52(45,46)47/h35-37H,4-34,40H2,1-3H3,(H,41,43)(H,42,44)(H2,45,46,47)/t35-,36?,37-/m0/s1. The predicted molar refractivity (Wildman–Crippen MR) is 219 cm³/mol. The van der Waals surface area contributed by atoms with E-state index >= 15 is 0 Å². The summed E-state index contributed by atoms with van der Waals surface area (Å²) in [6, 6.07) is -1.52. The molecule has 0 radical (unpaired) electrons. The van der Waals surface area contributed by atoms with Gasteiger partial charge in [-0.05, 0) is 19.8 Å². The Balaban J connectivity index is 4.35. The van der Waals surface area contributed by atoms with Crippen molar-refractivity contribution in [3.63, 3.8) is 0 Å². The zero-order valence-corrected chi connectivity index (χ0v) is 35.5. The zero-order valence-electron chi connectivity index (χ0n) is 33.8. The number of hydrogen-bond donors (Lipinski definition) is 5. The number of unbranched alkanes of at least 4 members (excludes halogenated alkanes) is 18. The van der Waals surface area contributed by atoms with Crippen molar-refractivity contribution < 1.29 is 42.9 Å². The molecule has 0 heterocycles. The van der Waals surface area contributed by atoms with Crippen LogP contribution >= 0.6 is 19.4 Å². The molecule has 0 aliphatic carbocycles. The van der Waals surface area contributed by atoms with E-state index in [0.29, 0.717) is 24.7 Å². The maximum Gasteiger partial charge on any atom is 0.327 e. The molecule has 2 amide bonds. The number of hydrogen-bond acceptors (Lipinski definition) is 9. The SMILES string of the molecule is CCCCCCCCCCCCOCC(CSC[C@H](N)C(=O)N[C@@H](C)C(=O)NCCOCCOCCP(=O)(O)O)OCCCCCCCCCCCC. The van der Waals surface area contributed by atoms with E-state index in [0.717, 1.165) is 19.4 Å². The topological polar surface area (TPSA) is 179 Å². The van der Waals surface area contributed by atoms with Gasteiger partial charge in [-0.3, -0.25) is 14.2 Å². The molecule has 0 aromatic heterocycles. The van der Waals surface area contributed by atoms with Crippen molar-refractivity contribution in [2.24, 2.45) is 5.73 Å². The van der Waals surface area contributed by atoms with Gasteiger partial charge in [-0.25, -0.2) is 0 Å². The van der Waals surface area contributed by atoms with Crippen molar-refractivity contribution in [3.05, 3.63) is 0 Å². The van der Waals surface area contributed by atoms with Gasteiger partial charge in [-0.2, -0.15) is 11.8 Å². The lowest BCUT2D eigenvalue weighted by Gasteiger charge is -2.20. The summed E-state index contributed by atoms with van der Waals surface area (Å²) in [5, 5.41) is 5.39. The van der Waals surface area contributed by atoms with E-state index in [1.165, 1.54) is 116 Å². The molecule has 0 fully saturated rings. The summed E-state index contributed by atoms with van der Waals surface area (Å²) in [6.45, 7) is 8.94. The third-order valence-electron chi connectivity index (χ3n) is 8.93. The van der Waals surface area contributed by atoms with Crippen LogP contribution in [0, 0.1) is 0 Å². The van der Waals surface area contributed by atoms with Crippen LogP contribution in [-0.2, 0) is 33.1 Å². The first-order valence-corrected chi connectivity index (χ1v) is 23.9. The number of carbonyl (C=O) groups is 2. The van der Waals surface area contributed by atoms with Gasteiger partial charge in [0, 0.05) is 31.3 Å². The van der Waals surface area contributed by atoms with Crippen LogP contribution in [-0.4, -0.2) is 110 Å². The molecular formula is C39H80N3O9PS. The fourth-order valence-corrected chi connectivity index (χ4v) is 6.95. The first-order valence-electron chi connectivity index (χ1n) is 20.9. The van der Waals surface area contributed by atoms with E-state index < -0.39 is 19.7 Å². The van der Waals surface area contributed by atoms with Gasteiger partial charge in [-0.15, -0.1) is 0 Å². The van der Waals surface area contributed by atoms with Crippen LogP contribution in [0.1, 0.15) is 149 Å². The predicted octanol–water partition coefficient (Wildman–Crippen LogP) is 7.12. The number of nitrogens with two attached hydrogens (primary N) is 1. The van der Waals surface area contributed by atoms with Gasteiger partial charge in [-0.1, -0.05) is 129 Å².